The van der Waals surface area contributed by atoms with Gasteiger partial charge in [0, 0.05) is 13.1 Å². The molecule has 0 aromatic heterocycles. The second-order valence-electron chi connectivity index (χ2n) is 1.03. The molecule has 0 saturated carbocycles. The van der Waals surface area contributed by atoms with Crippen LogP contribution in [0, 0.1) is 0 Å². The average Bonchev–Trinajstić information content (AvgIpc) is 1.61. The molecule has 6 N–H and O–H groups in total. The van der Waals surface area contributed by atoms with Crippen molar-refractivity contribution in [1.82, 2.24) is 0 Å². The molecule has 0 spiro atoms. The van der Waals surface area contributed by atoms with Crippen molar-refractivity contribution in [3.63, 3.8) is 0 Å². The normalized spacial score (nSPS) is 9.78. The first-order valence-electron chi connectivity index (χ1n) is 2.01. The van der Waals surface area contributed by atoms with Gasteiger partial charge in [-0.15, -0.1) is 0 Å². The number of hydrogen-bond donors (Lipinski definition) is 4. The van der Waals surface area contributed by atoms with Gasteiger partial charge in [-0.1, -0.05) is 0 Å². The first kappa shape index (κ1) is 11.7. The Hall–Kier alpha value is -0.0275. The Bertz CT molecular complexity index is 120. The van der Waals surface area contributed by atoms with Crippen molar-refractivity contribution in [1.29, 1.82) is 0 Å². The Morgan fingerprint density at radius 1 is 1.11 bits per heavy atom. The maximum absolute atomic E-state index is 8.82. The zero-order chi connectivity index (χ0) is 7.91. The van der Waals surface area contributed by atoms with E-state index in [1.807, 2.05) is 0 Å². The Morgan fingerprint density at radius 3 is 1.22 bits per heavy atom. The third kappa shape index (κ3) is 301. The van der Waals surface area contributed by atoms with Gasteiger partial charge in [0.25, 0.3) is 0 Å². The van der Waals surface area contributed by atoms with Gasteiger partial charge in [-0.05, 0) is 0 Å². The SMILES string of the molecule is NCCN.[O]=[Cr](=[O])([OH])[OH]. The predicted molar refractivity (Wildman–Crippen MR) is 23.9 cm³/mol. The van der Waals surface area contributed by atoms with Crippen molar-refractivity contribution in [3.8, 4) is 0 Å². The van der Waals surface area contributed by atoms with Crippen molar-refractivity contribution < 1.29 is 29.5 Å². The van der Waals surface area contributed by atoms with E-state index < -0.39 is 13.6 Å². The Morgan fingerprint density at radius 2 is 1.22 bits per heavy atom. The van der Waals surface area contributed by atoms with Crippen LogP contribution in [0.1, 0.15) is 0 Å². The molecular weight excluding hydrogens is 168 g/mol. The van der Waals surface area contributed by atoms with Gasteiger partial charge in [-0.2, -0.15) is 0 Å². The molecule has 0 aromatic rings. The molecule has 0 unspecified atom stereocenters. The zero-order valence-electron chi connectivity index (χ0n) is 4.69. The fourth-order valence-corrected chi connectivity index (χ4v) is 0. The molecule has 0 fully saturated rings. The van der Waals surface area contributed by atoms with E-state index in [1.165, 1.54) is 0 Å². The van der Waals surface area contributed by atoms with Crippen LogP contribution in [0.2, 0.25) is 0 Å². The van der Waals surface area contributed by atoms with Crippen LogP contribution in [0.4, 0.5) is 0 Å². The number of nitrogens with two attached hydrogens (primary N) is 2. The molecule has 6 nitrogen and oxygen atoms in total. The zero-order valence-corrected chi connectivity index (χ0v) is 5.96. The molecule has 58 valence electrons. The summed E-state index contributed by atoms with van der Waals surface area (Å²) in [6, 6.07) is 0. The molecule has 9 heavy (non-hydrogen) atoms. The first-order valence-corrected chi connectivity index (χ1v) is 4.20. The minimum atomic E-state index is -5.25. The molecule has 0 aliphatic rings. The van der Waals surface area contributed by atoms with E-state index in [2.05, 4.69) is 0 Å². The third-order valence-corrected chi connectivity index (χ3v) is 0.167. The van der Waals surface area contributed by atoms with Crippen molar-refractivity contribution in [2.45, 2.75) is 0 Å². The monoisotopic (exact) mass is 178 g/mol. The average molecular weight is 178 g/mol. The van der Waals surface area contributed by atoms with Gasteiger partial charge in [0.05, 0.1) is 0 Å². The van der Waals surface area contributed by atoms with Crippen LogP contribution in [0.15, 0.2) is 0 Å². The molecule has 0 atom stereocenters. The van der Waals surface area contributed by atoms with Gasteiger partial charge in [0.1, 0.15) is 0 Å². The van der Waals surface area contributed by atoms with E-state index in [4.69, 9.17) is 27.4 Å². The van der Waals surface area contributed by atoms with E-state index in [0.717, 1.165) is 0 Å². The van der Waals surface area contributed by atoms with Crippen LogP contribution >= 0.6 is 0 Å². The Kier molecular flexibility index (Phi) is 7.95. The van der Waals surface area contributed by atoms with E-state index in [1.54, 1.807) is 0 Å². The Balaban J connectivity index is 0. The molecular formula is C2H10CrN2O4. The summed E-state index contributed by atoms with van der Waals surface area (Å²) in [5, 5.41) is 0. The standard InChI is InChI=1S/C2H8N2.Cr.2H2O.2O/c3-1-2-4;;;;;/h1-4H2;;2*1H2;;/q;+2;;;;/p-2. The topological polar surface area (TPSA) is 127 Å². The summed E-state index contributed by atoms with van der Waals surface area (Å²) in [4.78, 5) is 0. The van der Waals surface area contributed by atoms with E-state index in [0.29, 0.717) is 13.1 Å². The summed E-state index contributed by atoms with van der Waals surface area (Å²) in [5.41, 5.74) is 9.81. The number of rotatable bonds is 1. The molecule has 0 saturated heterocycles. The molecule has 0 aliphatic heterocycles. The summed E-state index contributed by atoms with van der Waals surface area (Å²) in [6.07, 6.45) is 0. The fraction of sp³-hybridized carbons (Fsp3) is 1.00. The van der Waals surface area contributed by atoms with Crippen molar-refractivity contribution >= 4 is 0 Å². The molecule has 0 aromatic carbocycles. The van der Waals surface area contributed by atoms with Gasteiger partial charge in [0.15, 0.2) is 0 Å². The molecule has 0 heterocycles. The third-order valence-electron chi connectivity index (χ3n) is 0.167. The summed E-state index contributed by atoms with van der Waals surface area (Å²) < 4.78 is 31.9. The van der Waals surface area contributed by atoms with Crippen LogP contribution in [0.3, 0.4) is 0 Å². The van der Waals surface area contributed by atoms with Crippen LogP contribution in [0.25, 0.3) is 0 Å². The minimum absolute atomic E-state index is 0.597. The summed E-state index contributed by atoms with van der Waals surface area (Å²) >= 11 is -5.25. The first-order chi connectivity index (χ1) is 3.91. The molecule has 0 aliphatic carbocycles. The van der Waals surface area contributed by atoms with Gasteiger partial charge in [0.2, 0.25) is 0 Å². The molecule has 0 radical (unpaired) electrons. The quantitative estimate of drug-likeness (QED) is 0.353. The predicted octanol–water partition coefficient (Wildman–Crippen LogP) is -2.45. The molecule has 0 rings (SSSR count). The summed E-state index contributed by atoms with van der Waals surface area (Å²) in [5.74, 6) is 0. The van der Waals surface area contributed by atoms with Gasteiger partial charge in [-0.3, -0.25) is 0 Å². The second-order valence-corrected chi connectivity index (χ2v) is 2.42. The van der Waals surface area contributed by atoms with Crippen LogP contribution in [-0.2, 0) is 21.2 Å². The second kappa shape index (κ2) is 6.10. The van der Waals surface area contributed by atoms with Crippen molar-refractivity contribution in [2.75, 3.05) is 13.1 Å². The number of hydrogen-bond acceptors (Lipinski definition) is 4. The molecule has 0 amide bonds. The van der Waals surface area contributed by atoms with E-state index in [9.17, 15) is 0 Å². The summed E-state index contributed by atoms with van der Waals surface area (Å²) in [7, 11) is 0. The maximum atomic E-state index is 8.82. The van der Waals surface area contributed by atoms with Crippen LogP contribution < -0.4 is 11.5 Å². The molecule has 0 bridgehead atoms. The van der Waals surface area contributed by atoms with Gasteiger partial charge in [-0.25, -0.2) is 0 Å². The molecule has 7 heteroatoms. The van der Waals surface area contributed by atoms with Gasteiger partial charge >= 0.3 is 29.5 Å². The van der Waals surface area contributed by atoms with E-state index in [-0.39, 0.29) is 0 Å². The Labute approximate surface area is 54.9 Å². The van der Waals surface area contributed by atoms with Crippen molar-refractivity contribution in [2.24, 2.45) is 11.5 Å². The van der Waals surface area contributed by atoms with Crippen LogP contribution in [-0.4, -0.2) is 21.4 Å². The fourth-order valence-electron chi connectivity index (χ4n) is 0. The van der Waals surface area contributed by atoms with Gasteiger partial charge < -0.3 is 11.5 Å². The van der Waals surface area contributed by atoms with Crippen LogP contribution in [0.5, 0.6) is 0 Å². The summed E-state index contributed by atoms with van der Waals surface area (Å²) in [6.45, 7) is 1.19. The van der Waals surface area contributed by atoms with Crippen molar-refractivity contribution in [3.05, 3.63) is 0 Å². The van der Waals surface area contributed by atoms with E-state index >= 15 is 0 Å².